The summed E-state index contributed by atoms with van der Waals surface area (Å²) in [5, 5.41) is 7.85. The fourth-order valence-corrected chi connectivity index (χ4v) is 3.22. The second-order valence-electron chi connectivity index (χ2n) is 6.89. The summed E-state index contributed by atoms with van der Waals surface area (Å²) in [7, 11) is 0. The van der Waals surface area contributed by atoms with E-state index in [2.05, 4.69) is 29.5 Å². The zero-order valence-corrected chi connectivity index (χ0v) is 17.2. The van der Waals surface area contributed by atoms with Gasteiger partial charge in [0, 0.05) is 10.9 Å². The molecule has 0 fully saturated rings. The van der Waals surface area contributed by atoms with Gasteiger partial charge in [-0.05, 0) is 30.2 Å². The first kappa shape index (κ1) is 20.5. The highest BCUT2D eigenvalue weighted by Gasteiger charge is 2.13. The number of para-hydroxylation sites is 2. The Hall–Kier alpha value is -3.19. The van der Waals surface area contributed by atoms with Gasteiger partial charge < -0.3 is 10.1 Å². The number of amides is 2. The van der Waals surface area contributed by atoms with Crippen molar-refractivity contribution in [2.24, 2.45) is 5.92 Å². The number of carbonyl (C=O) groups excluding carboxylic acids is 2. The van der Waals surface area contributed by atoms with Crippen LogP contribution in [0, 0.1) is 5.92 Å². The van der Waals surface area contributed by atoms with Gasteiger partial charge >= 0.3 is 0 Å². The van der Waals surface area contributed by atoms with Crippen molar-refractivity contribution in [3.63, 3.8) is 0 Å². The van der Waals surface area contributed by atoms with Gasteiger partial charge in [0.15, 0.2) is 5.13 Å². The highest BCUT2D eigenvalue weighted by molar-refractivity contribution is 7.14. The fourth-order valence-electron chi connectivity index (χ4n) is 2.52. The van der Waals surface area contributed by atoms with E-state index < -0.39 is 0 Å². The number of benzene rings is 2. The van der Waals surface area contributed by atoms with E-state index in [0.29, 0.717) is 40.4 Å². The third kappa shape index (κ3) is 6.15. The number of rotatable bonds is 8. The Bertz CT molecular complexity index is 970. The first-order valence-electron chi connectivity index (χ1n) is 9.33. The van der Waals surface area contributed by atoms with E-state index in [1.54, 1.807) is 35.7 Å². The lowest BCUT2D eigenvalue weighted by Gasteiger charge is -2.13. The van der Waals surface area contributed by atoms with Crippen molar-refractivity contribution in [3.8, 4) is 5.75 Å². The molecule has 0 saturated heterocycles. The summed E-state index contributed by atoms with van der Waals surface area (Å²) < 4.78 is 5.76. The first-order chi connectivity index (χ1) is 14.0. The van der Waals surface area contributed by atoms with Crippen molar-refractivity contribution in [1.29, 1.82) is 0 Å². The van der Waals surface area contributed by atoms with Crippen LogP contribution in [-0.4, -0.2) is 23.4 Å². The average molecular weight is 410 g/mol. The summed E-state index contributed by atoms with van der Waals surface area (Å²) in [6.07, 6.45) is 0.107. The molecule has 6 nitrogen and oxygen atoms in total. The van der Waals surface area contributed by atoms with Gasteiger partial charge in [0.25, 0.3) is 5.91 Å². The Balaban J connectivity index is 1.58. The SMILES string of the molecule is CC(C)COc1ccccc1NC(=O)Cc1csc(NC(=O)c2ccccc2)n1. The highest BCUT2D eigenvalue weighted by Crippen LogP contribution is 2.25. The second kappa shape index (κ2) is 9.84. The van der Waals surface area contributed by atoms with E-state index >= 15 is 0 Å². The molecule has 0 radical (unpaired) electrons. The van der Waals surface area contributed by atoms with Crippen molar-refractivity contribution < 1.29 is 14.3 Å². The predicted molar refractivity (Wildman–Crippen MR) is 116 cm³/mol. The number of carbonyl (C=O) groups is 2. The third-order valence-corrected chi connectivity index (χ3v) is 4.69. The minimum atomic E-state index is -0.229. The molecule has 0 unspecified atom stereocenters. The molecular weight excluding hydrogens is 386 g/mol. The molecule has 150 valence electrons. The van der Waals surface area contributed by atoms with Gasteiger partial charge in [-0.2, -0.15) is 0 Å². The quantitative estimate of drug-likeness (QED) is 0.569. The molecule has 0 aliphatic heterocycles. The molecule has 0 spiro atoms. The Labute approximate surface area is 173 Å². The molecule has 3 aromatic rings. The van der Waals surface area contributed by atoms with Crippen LogP contribution >= 0.6 is 11.3 Å². The van der Waals surface area contributed by atoms with E-state index in [4.69, 9.17) is 4.74 Å². The summed E-state index contributed by atoms with van der Waals surface area (Å²) in [4.78, 5) is 29.0. The molecule has 2 amide bonds. The topological polar surface area (TPSA) is 80.3 Å². The molecule has 29 heavy (non-hydrogen) atoms. The van der Waals surface area contributed by atoms with Crippen molar-refractivity contribution in [1.82, 2.24) is 4.98 Å². The van der Waals surface area contributed by atoms with Crippen LogP contribution < -0.4 is 15.4 Å². The molecule has 2 aromatic carbocycles. The second-order valence-corrected chi connectivity index (χ2v) is 7.75. The molecule has 0 saturated carbocycles. The number of anilines is 2. The van der Waals surface area contributed by atoms with Crippen LogP contribution in [-0.2, 0) is 11.2 Å². The van der Waals surface area contributed by atoms with Crippen molar-refractivity contribution in [2.75, 3.05) is 17.2 Å². The third-order valence-electron chi connectivity index (χ3n) is 3.88. The maximum Gasteiger partial charge on any atom is 0.257 e. The van der Waals surface area contributed by atoms with Gasteiger partial charge in [0.05, 0.1) is 24.4 Å². The summed E-state index contributed by atoms with van der Waals surface area (Å²) in [5.41, 5.74) is 1.78. The minimum Gasteiger partial charge on any atom is -0.491 e. The zero-order chi connectivity index (χ0) is 20.6. The average Bonchev–Trinajstić information content (AvgIpc) is 3.14. The Morgan fingerprint density at radius 2 is 1.76 bits per heavy atom. The number of aromatic nitrogens is 1. The van der Waals surface area contributed by atoms with Crippen LogP contribution in [0.15, 0.2) is 60.0 Å². The van der Waals surface area contributed by atoms with E-state index in [9.17, 15) is 9.59 Å². The molecular formula is C22H23N3O3S. The molecule has 1 aromatic heterocycles. The summed E-state index contributed by atoms with van der Waals surface area (Å²) in [6, 6.07) is 16.3. The van der Waals surface area contributed by atoms with Crippen LogP contribution in [0.1, 0.15) is 29.9 Å². The zero-order valence-electron chi connectivity index (χ0n) is 16.3. The fraction of sp³-hybridized carbons (Fsp3) is 0.227. The number of ether oxygens (including phenoxy) is 1. The number of hydrogen-bond donors (Lipinski definition) is 2. The van der Waals surface area contributed by atoms with Crippen molar-refractivity contribution in [3.05, 3.63) is 71.2 Å². The van der Waals surface area contributed by atoms with E-state index in [-0.39, 0.29) is 18.2 Å². The molecule has 0 aliphatic carbocycles. The lowest BCUT2D eigenvalue weighted by Crippen LogP contribution is -2.16. The summed E-state index contributed by atoms with van der Waals surface area (Å²) in [6.45, 7) is 4.71. The van der Waals surface area contributed by atoms with E-state index in [1.165, 1.54) is 11.3 Å². The number of nitrogens with one attached hydrogen (secondary N) is 2. The largest absolute Gasteiger partial charge is 0.491 e. The number of hydrogen-bond acceptors (Lipinski definition) is 5. The monoisotopic (exact) mass is 409 g/mol. The van der Waals surface area contributed by atoms with Gasteiger partial charge in [-0.1, -0.05) is 44.2 Å². The lowest BCUT2D eigenvalue weighted by molar-refractivity contribution is -0.115. The molecule has 0 bridgehead atoms. The van der Waals surface area contributed by atoms with E-state index in [1.807, 2.05) is 24.3 Å². The minimum absolute atomic E-state index is 0.107. The number of nitrogens with zero attached hydrogens (tertiary/aromatic N) is 1. The van der Waals surface area contributed by atoms with Crippen LogP contribution in [0.5, 0.6) is 5.75 Å². The normalized spacial score (nSPS) is 10.6. The molecule has 0 atom stereocenters. The molecule has 7 heteroatoms. The van der Waals surface area contributed by atoms with Gasteiger partial charge in [-0.25, -0.2) is 4.98 Å². The van der Waals surface area contributed by atoms with Gasteiger partial charge in [-0.15, -0.1) is 11.3 Å². The molecule has 3 rings (SSSR count). The Morgan fingerprint density at radius 1 is 1.03 bits per heavy atom. The van der Waals surface area contributed by atoms with E-state index in [0.717, 1.165) is 0 Å². The Morgan fingerprint density at radius 3 is 2.52 bits per heavy atom. The standard InChI is InChI=1S/C22H23N3O3S/c1-15(2)13-28-19-11-7-6-10-18(19)24-20(26)12-17-14-29-22(23-17)25-21(27)16-8-4-3-5-9-16/h3-11,14-15H,12-13H2,1-2H3,(H,24,26)(H,23,25,27). The van der Waals surface area contributed by atoms with Gasteiger partial charge in [0.1, 0.15) is 5.75 Å². The van der Waals surface area contributed by atoms with Crippen LogP contribution in [0.2, 0.25) is 0 Å². The molecule has 0 aliphatic rings. The van der Waals surface area contributed by atoms with Crippen molar-refractivity contribution >= 4 is 34.0 Å². The Kier molecular flexibility index (Phi) is 6.97. The maximum atomic E-state index is 12.4. The first-order valence-corrected chi connectivity index (χ1v) is 10.2. The molecule has 1 heterocycles. The molecule has 2 N–H and O–H groups in total. The summed E-state index contributed by atoms with van der Waals surface area (Å²) in [5.74, 6) is 0.603. The van der Waals surface area contributed by atoms with Crippen LogP contribution in [0.4, 0.5) is 10.8 Å². The summed E-state index contributed by atoms with van der Waals surface area (Å²) >= 11 is 1.29. The maximum absolute atomic E-state index is 12.4. The smallest absolute Gasteiger partial charge is 0.257 e. The lowest BCUT2D eigenvalue weighted by atomic mass is 10.2. The van der Waals surface area contributed by atoms with Crippen molar-refractivity contribution in [2.45, 2.75) is 20.3 Å². The van der Waals surface area contributed by atoms with Crippen LogP contribution in [0.25, 0.3) is 0 Å². The highest BCUT2D eigenvalue weighted by atomic mass is 32.1. The van der Waals surface area contributed by atoms with Crippen LogP contribution in [0.3, 0.4) is 0 Å². The van der Waals surface area contributed by atoms with Gasteiger partial charge in [0.2, 0.25) is 5.91 Å². The predicted octanol–water partition coefficient (Wildman–Crippen LogP) is 4.61. The van der Waals surface area contributed by atoms with Gasteiger partial charge in [-0.3, -0.25) is 14.9 Å². The number of thiazole rings is 1.